The minimum absolute atomic E-state index is 0.0809. The van der Waals surface area contributed by atoms with Gasteiger partial charge in [0.15, 0.2) is 0 Å². The summed E-state index contributed by atoms with van der Waals surface area (Å²) in [4.78, 5) is 0.0809. The van der Waals surface area contributed by atoms with Crippen LogP contribution in [-0.4, -0.2) is 15.0 Å². The van der Waals surface area contributed by atoms with Crippen LogP contribution in [0.25, 0.3) is 0 Å². The van der Waals surface area contributed by atoms with Crippen molar-refractivity contribution in [2.45, 2.75) is 17.7 Å². The molecular weight excluding hydrogens is 308 g/mol. The van der Waals surface area contributed by atoms with Gasteiger partial charge >= 0.3 is 0 Å². The van der Waals surface area contributed by atoms with E-state index in [4.69, 9.17) is 11.6 Å². The molecule has 0 saturated heterocycles. The van der Waals surface area contributed by atoms with E-state index in [1.54, 1.807) is 24.3 Å². The summed E-state index contributed by atoms with van der Waals surface area (Å²) in [5.41, 5.74) is 2.73. The van der Waals surface area contributed by atoms with Gasteiger partial charge in [-0.1, -0.05) is 29.8 Å². The predicted molar refractivity (Wildman–Crippen MR) is 85.5 cm³/mol. The highest BCUT2D eigenvalue weighted by atomic mass is 35.5. The number of halogens is 1. The van der Waals surface area contributed by atoms with Crippen LogP contribution in [0.2, 0.25) is 5.02 Å². The van der Waals surface area contributed by atoms with Gasteiger partial charge in [0.1, 0.15) is 4.90 Å². The van der Waals surface area contributed by atoms with Crippen LogP contribution in [0.15, 0.2) is 47.4 Å². The maximum Gasteiger partial charge on any atom is 0.263 e. The summed E-state index contributed by atoms with van der Waals surface area (Å²) in [7, 11) is -3.68. The van der Waals surface area contributed by atoms with E-state index in [-0.39, 0.29) is 9.92 Å². The third kappa shape index (κ3) is 2.99. The SMILES string of the molecule is O=S(=O)(Nc1ccc2c(c1)NCCC2)c1ccccc1Cl. The molecule has 2 aromatic rings. The Bertz CT molecular complexity index is 775. The fourth-order valence-corrected chi connectivity index (χ4v) is 3.97. The molecule has 3 rings (SSSR count). The molecule has 21 heavy (non-hydrogen) atoms. The van der Waals surface area contributed by atoms with Gasteiger partial charge in [-0.05, 0) is 42.7 Å². The largest absolute Gasteiger partial charge is 0.385 e. The second kappa shape index (κ2) is 5.58. The molecule has 110 valence electrons. The fourth-order valence-electron chi connectivity index (χ4n) is 2.40. The maximum absolute atomic E-state index is 12.4. The molecule has 2 N–H and O–H groups in total. The normalized spacial score (nSPS) is 14.1. The van der Waals surface area contributed by atoms with Crippen molar-refractivity contribution in [1.29, 1.82) is 0 Å². The number of sulfonamides is 1. The van der Waals surface area contributed by atoms with Crippen molar-refractivity contribution in [2.24, 2.45) is 0 Å². The van der Waals surface area contributed by atoms with Crippen LogP contribution in [0, 0.1) is 0 Å². The zero-order valence-corrected chi connectivity index (χ0v) is 12.8. The van der Waals surface area contributed by atoms with E-state index in [1.165, 1.54) is 11.6 Å². The van der Waals surface area contributed by atoms with Gasteiger partial charge in [-0.2, -0.15) is 0 Å². The Hall–Kier alpha value is -1.72. The Morgan fingerprint density at radius 2 is 1.95 bits per heavy atom. The smallest absolute Gasteiger partial charge is 0.263 e. The molecule has 0 aromatic heterocycles. The molecule has 0 spiro atoms. The number of fused-ring (bicyclic) bond motifs is 1. The zero-order valence-electron chi connectivity index (χ0n) is 11.3. The lowest BCUT2D eigenvalue weighted by Crippen LogP contribution is -2.15. The standard InChI is InChI=1S/C15H15ClN2O2S/c16-13-5-1-2-6-15(13)21(19,20)18-12-8-7-11-4-3-9-17-14(11)10-12/h1-2,5-8,10,17-18H,3-4,9H2. The quantitative estimate of drug-likeness (QED) is 0.909. The predicted octanol–water partition coefficient (Wildman–Crippen LogP) is 3.50. The lowest BCUT2D eigenvalue weighted by Gasteiger charge is -2.19. The van der Waals surface area contributed by atoms with Crippen LogP contribution >= 0.6 is 11.6 Å². The molecule has 2 aromatic carbocycles. The average molecular weight is 323 g/mol. The molecule has 6 heteroatoms. The van der Waals surface area contributed by atoms with Gasteiger partial charge in [-0.25, -0.2) is 8.42 Å². The summed E-state index contributed by atoms with van der Waals surface area (Å²) in [5.74, 6) is 0. The first-order chi connectivity index (χ1) is 10.1. The van der Waals surface area contributed by atoms with E-state index in [0.717, 1.165) is 25.1 Å². The molecule has 1 heterocycles. The molecule has 0 saturated carbocycles. The number of anilines is 2. The summed E-state index contributed by atoms with van der Waals surface area (Å²) in [6.45, 7) is 0.910. The van der Waals surface area contributed by atoms with E-state index < -0.39 is 10.0 Å². The summed E-state index contributed by atoms with van der Waals surface area (Å²) in [6.07, 6.45) is 2.11. The first-order valence-corrected chi connectivity index (χ1v) is 8.56. The van der Waals surface area contributed by atoms with Gasteiger partial charge in [-0.15, -0.1) is 0 Å². The second-order valence-corrected chi connectivity index (χ2v) is 7.00. The number of rotatable bonds is 3. The van der Waals surface area contributed by atoms with Gasteiger partial charge in [0.2, 0.25) is 0 Å². The summed E-state index contributed by atoms with van der Waals surface area (Å²) in [6, 6.07) is 11.9. The highest BCUT2D eigenvalue weighted by Crippen LogP contribution is 2.28. The number of hydrogen-bond acceptors (Lipinski definition) is 3. The third-order valence-electron chi connectivity index (χ3n) is 3.43. The minimum atomic E-state index is -3.68. The summed E-state index contributed by atoms with van der Waals surface area (Å²) in [5, 5.41) is 3.49. The molecule has 1 aliphatic heterocycles. The van der Waals surface area contributed by atoms with Gasteiger partial charge in [0, 0.05) is 12.2 Å². The van der Waals surface area contributed by atoms with E-state index in [2.05, 4.69) is 10.0 Å². The fraction of sp³-hybridized carbons (Fsp3) is 0.200. The molecule has 0 fully saturated rings. The first-order valence-electron chi connectivity index (χ1n) is 6.70. The van der Waals surface area contributed by atoms with Crippen molar-refractivity contribution in [1.82, 2.24) is 0 Å². The van der Waals surface area contributed by atoms with Crippen molar-refractivity contribution in [3.05, 3.63) is 53.1 Å². The van der Waals surface area contributed by atoms with Crippen LogP contribution in [0.3, 0.4) is 0 Å². The van der Waals surface area contributed by atoms with Gasteiger partial charge in [0.25, 0.3) is 10.0 Å². The zero-order chi connectivity index (χ0) is 14.9. The van der Waals surface area contributed by atoms with Crippen LogP contribution in [-0.2, 0) is 16.4 Å². The van der Waals surface area contributed by atoms with Crippen molar-refractivity contribution < 1.29 is 8.42 Å². The first kappa shape index (κ1) is 14.2. The third-order valence-corrected chi connectivity index (χ3v) is 5.31. The molecular formula is C15H15ClN2O2S. The number of nitrogens with one attached hydrogen (secondary N) is 2. The minimum Gasteiger partial charge on any atom is -0.385 e. The van der Waals surface area contributed by atoms with E-state index >= 15 is 0 Å². The Balaban J connectivity index is 1.91. The molecule has 0 aliphatic carbocycles. The van der Waals surface area contributed by atoms with Crippen LogP contribution < -0.4 is 10.0 Å². The number of aryl methyl sites for hydroxylation is 1. The maximum atomic E-state index is 12.4. The number of benzene rings is 2. The van der Waals surface area contributed by atoms with Crippen molar-refractivity contribution >= 4 is 33.0 Å². The van der Waals surface area contributed by atoms with E-state index in [0.29, 0.717) is 5.69 Å². The Labute approximate surface area is 129 Å². The molecule has 0 amide bonds. The second-order valence-electron chi connectivity index (χ2n) is 4.94. The Morgan fingerprint density at radius 1 is 1.14 bits per heavy atom. The molecule has 0 unspecified atom stereocenters. The Morgan fingerprint density at radius 3 is 2.76 bits per heavy atom. The molecule has 1 aliphatic rings. The highest BCUT2D eigenvalue weighted by Gasteiger charge is 2.18. The molecule has 0 radical (unpaired) electrons. The monoisotopic (exact) mass is 322 g/mol. The summed E-state index contributed by atoms with van der Waals surface area (Å²) >= 11 is 5.96. The lowest BCUT2D eigenvalue weighted by atomic mass is 10.0. The van der Waals surface area contributed by atoms with E-state index in [1.807, 2.05) is 12.1 Å². The Kier molecular flexibility index (Phi) is 3.78. The average Bonchev–Trinajstić information content (AvgIpc) is 2.47. The van der Waals surface area contributed by atoms with Gasteiger partial charge < -0.3 is 5.32 Å². The topological polar surface area (TPSA) is 58.2 Å². The van der Waals surface area contributed by atoms with Crippen molar-refractivity contribution in [3.8, 4) is 0 Å². The van der Waals surface area contributed by atoms with Gasteiger partial charge in [0.05, 0.1) is 10.7 Å². The van der Waals surface area contributed by atoms with Crippen LogP contribution in [0.5, 0.6) is 0 Å². The van der Waals surface area contributed by atoms with Crippen molar-refractivity contribution in [3.63, 3.8) is 0 Å². The molecule has 0 atom stereocenters. The number of hydrogen-bond donors (Lipinski definition) is 2. The lowest BCUT2D eigenvalue weighted by molar-refractivity contribution is 0.601. The van der Waals surface area contributed by atoms with Crippen LogP contribution in [0.4, 0.5) is 11.4 Å². The van der Waals surface area contributed by atoms with Gasteiger partial charge in [-0.3, -0.25) is 4.72 Å². The van der Waals surface area contributed by atoms with E-state index in [9.17, 15) is 8.42 Å². The summed E-state index contributed by atoms with van der Waals surface area (Å²) < 4.78 is 27.3. The van der Waals surface area contributed by atoms with Crippen molar-refractivity contribution in [2.75, 3.05) is 16.6 Å². The van der Waals surface area contributed by atoms with Crippen LogP contribution in [0.1, 0.15) is 12.0 Å². The molecule has 0 bridgehead atoms. The highest BCUT2D eigenvalue weighted by molar-refractivity contribution is 7.92. The molecule has 4 nitrogen and oxygen atoms in total.